The molecule has 0 radical (unpaired) electrons. The van der Waals surface area contributed by atoms with Crippen LogP contribution in [0.3, 0.4) is 0 Å². The predicted molar refractivity (Wildman–Crippen MR) is 142 cm³/mol. The summed E-state index contributed by atoms with van der Waals surface area (Å²) in [5.41, 5.74) is 2.81. The number of rotatable bonds is 11. The summed E-state index contributed by atoms with van der Waals surface area (Å²) in [6, 6.07) is 22.9. The Morgan fingerprint density at radius 3 is 2.20 bits per heavy atom. The first-order valence-corrected chi connectivity index (χ1v) is 12.9. The number of thioether (sulfide) groups is 1. The number of hydrogen-bond donors (Lipinski definition) is 1. The van der Waals surface area contributed by atoms with Crippen LogP contribution < -0.4 is 5.32 Å². The molecule has 7 nitrogen and oxygen atoms in total. The van der Waals surface area contributed by atoms with Crippen molar-refractivity contribution in [1.82, 2.24) is 10.2 Å². The number of carbonyl (C=O) groups excluding carboxylic acids is 2. The molecule has 2 amide bonds. The minimum atomic E-state index is -0.668. The van der Waals surface area contributed by atoms with Gasteiger partial charge in [0.25, 0.3) is 5.69 Å². The molecule has 0 aromatic heterocycles. The van der Waals surface area contributed by atoms with E-state index in [1.54, 1.807) is 24.1 Å². The number of non-ortho nitro benzene ring substituents is 1. The standard InChI is InChI=1S/C26H26BrN3O4S/c1-28-26(32)24(15-19-5-3-2-4-6-19)29(16-20-7-11-22(27)12-8-20)25(31)18-35-17-21-9-13-23(14-10-21)30(33)34/h2-14,24H,15-18H2,1H3,(H,28,32). The van der Waals surface area contributed by atoms with Gasteiger partial charge in [-0.3, -0.25) is 19.7 Å². The molecule has 1 unspecified atom stereocenters. The number of amides is 2. The van der Waals surface area contributed by atoms with Crippen molar-refractivity contribution in [3.63, 3.8) is 0 Å². The molecule has 3 aromatic rings. The molecule has 0 aliphatic rings. The number of likely N-dealkylation sites (N-methyl/N-ethyl adjacent to an activating group) is 1. The molecule has 1 N–H and O–H groups in total. The van der Waals surface area contributed by atoms with Crippen LogP contribution in [0.5, 0.6) is 0 Å². The van der Waals surface area contributed by atoms with E-state index < -0.39 is 11.0 Å². The molecule has 0 aliphatic carbocycles. The molecule has 0 bridgehead atoms. The highest BCUT2D eigenvalue weighted by molar-refractivity contribution is 9.10. The summed E-state index contributed by atoms with van der Waals surface area (Å²) >= 11 is 4.84. The second kappa shape index (κ2) is 13.1. The van der Waals surface area contributed by atoms with E-state index in [2.05, 4.69) is 21.2 Å². The lowest BCUT2D eigenvalue weighted by molar-refractivity contribution is -0.384. The smallest absolute Gasteiger partial charge is 0.269 e. The third-order valence-corrected chi connectivity index (χ3v) is 6.94. The van der Waals surface area contributed by atoms with Crippen LogP contribution in [0, 0.1) is 10.1 Å². The highest BCUT2D eigenvalue weighted by atomic mass is 79.9. The number of carbonyl (C=O) groups is 2. The van der Waals surface area contributed by atoms with E-state index in [1.165, 1.54) is 23.9 Å². The zero-order valence-corrected chi connectivity index (χ0v) is 21.6. The van der Waals surface area contributed by atoms with Crippen LogP contribution in [0.4, 0.5) is 5.69 Å². The quantitative estimate of drug-likeness (QED) is 0.266. The van der Waals surface area contributed by atoms with Gasteiger partial charge in [0.2, 0.25) is 11.8 Å². The van der Waals surface area contributed by atoms with Gasteiger partial charge in [0.05, 0.1) is 10.7 Å². The number of nitro benzene ring substituents is 1. The summed E-state index contributed by atoms with van der Waals surface area (Å²) in [7, 11) is 1.58. The summed E-state index contributed by atoms with van der Waals surface area (Å²) < 4.78 is 0.935. The van der Waals surface area contributed by atoms with Gasteiger partial charge in [-0.05, 0) is 28.8 Å². The Balaban J connectivity index is 1.77. The molecule has 3 rings (SSSR count). The monoisotopic (exact) mass is 555 g/mol. The Morgan fingerprint density at radius 2 is 1.60 bits per heavy atom. The Bertz CT molecular complexity index is 1140. The first kappa shape index (κ1) is 26.4. The molecular weight excluding hydrogens is 530 g/mol. The van der Waals surface area contributed by atoms with Crippen molar-refractivity contribution in [1.29, 1.82) is 0 Å². The molecule has 0 fully saturated rings. The van der Waals surface area contributed by atoms with E-state index in [1.807, 2.05) is 54.6 Å². The lowest BCUT2D eigenvalue weighted by Crippen LogP contribution is -2.50. The van der Waals surface area contributed by atoms with Crippen LogP contribution in [0.15, 0.2) is 83.3 Å². The molecule has 0 heterocycles. The fourth-order valence-corrected chi connectivity index (χ4v) is 4.70. The van der Waals surface area contributed by atoms with E-state index in [-0.39, 0.29) is 23.3 Å². The van der Waals surface area contributed by atoms with Gasteiger partial charge in [-0.15, -0.1) is 11.8 Å². The number of benzene rings is 3. The van der Waals surface area contributed by atoms with E-state index in [0.717, 1.165) is 21.2 Å². The average Bonchev–Trinajstić information content (AvgIpc) is 2.87. The van der Waals surface area contributed by atoms with Gasteiger partial charge in [-0.1, -0.05) is 70.5 Å². The summed E-state index contributed by atoms with van der Waals surface area (Å²) in [4.78, 5) is 38.4. The van der Waals surface area contributed by atoms with Crippen molar-refractivity contribution in [3.8, 4) is 0 Å². The molecule has 0 saturated heterocycles. The molecule has 1 atom stereocenters. The van der Waals surface area contributed by atoms with Crippen LogP contribution in [0.1, 0.15) is 16.7 Å². The van der Waals surface area contributed by atoms with Crippen molar-refractivity contribution in [2.75, 3.05) is 12.8 Å². The number of nitrogens with zero attached hydrogens (tertiary/aromatic N) is 2. The lowest BCUT2D eigenvalue weighted by Gasteiger charge is -2.31. The average molecular weight is 556 g/mol. The molecule has 35 heavy (non-hydrogen) atoms. The maximum atomic E-state index is 13.4. The van der Waals surface area contributed by atoms with Gasteiger partial charge >= 0.3 is 0 Å². The van der Waals surface area contributed by atoms with Crippen LogP contribution in [-0.4, -0.2) is 40.5 Å². The maximum absolute atomic E-state index is 13.4. The number of nitro groups is 1. The molecule has 3 aromatic carbocycles. The van der Waals surface area contributed by atoms with Crippen LogP contribution in [-0.2, 0) is 28.3 Å². The van der Waals surface area contributed by atoms with E-state index in [9.17, 15) is 19.7 Å². The van der Waals surface area contributed by atoms with Crippen LogP contribution in [0.2, 0.25) is 0 Å². The topological polar surface area (TPSA) is 92.6 Å². The Kier molecular flexibility index (Phi) is 9.86. The van der Waals surface area contributed by atoms with Crippen molar-refractivity contribution >= 4 is 45.2 Å². The summed E-state index contributed by atoms with van der Waals surface area (Å²) in [5.74, 6) is 0.332. The first-order valence-electron chi connectivity index (χ1n) is 11.0. The van der Waals surface area contributed by atoms with Crippen molar-refractivity contribution in [3.05, 3.63) is 110 Å². The van der Waals surface area contributed by atoms with Gasteiger partial charge in [0.15, 0.2) is 0 Å². The molecular formula is C26H26BrN3O4S. The van der Waals surface area contributed by atoms with Crippen LogP contribution >= 0.6 is 27.7 Å². The highest BCUT2D eigenvalue weighted by Crippen LogP contribution is 2.20. The Labute approximate surface area is 217 Å². The van der Waals surface area contributed by atoms with E-state index in [0.29, 0.717) is 18.7 Å². The van der Waals surface area contributed by atoms with Gasteiger partial charge in [-0.2, -0.15) is 0 Å². The minimum absolute atomic E-state index is 0.0323. The van der Waals surface area contributed by atoms with Crippen molar-refractivity contribution < 1.29 is 14.5 Å². The highest BCUT2D eigenvalue weighted by Gasteiger charge is 2.29. The summed E-state index contributed by atoms with van der Waals surface area (Å²) in [6.45, 7) is 0.301. The second-order valence-electron chi connectivity index (χ2n) is 7.88. The SMILES string of the molecule is CNC(=O)C(Cc1ccccc1)N(Cc1ccc(Br)cc1)C(=O)CSCc1ccc([N+](=O)[O-])cc1. The maximum Gasteiger partial charge on any atom is 0.269 e. The largest absolute Gasteiger partial charge is 0.357 e. The summed E-state index contributed by atoms with van der Waals surface area (Å²) in [5, 5.41) is 13.6. The lowest BCUT2D eigenvalue weighted by atomic mass is 10.0. The third kappa shape index (κ3) is 7.93. The normalized spacial score (nSPS) is 11.5. The molecule has 0 saturated carbocycles. The van der Waals surface area contributed by atoms with Gasteiger partial charge in [-0.25, -0.2) is 0 Å². The first-order chi connectivity index (χ1) is 16.9. The zero-order valence-electron chi connectivity index (χ0n) is 19.2. The van der Waals surface area contributed by atoms with E-state index in [4.69, 9.17) is 0 Å². The number of halogens is 1. The zero-order chi connectivity index (χ0) is 25.2. The number of nitrogens with one attached hydrogen (secondary N) is 1. The summed E-state index contributed by atoms with van der Waals surface area (Å²) in [6.07, 6.45) is 0.399. The van der Waals surface area contributed by atoms with Gasteiger partial charge in [0.1, 0.15) is 6.04 Å². The number of hydrogen-bond acceptors (Lipinski definition) is 5. The third-order valence-electron chi connectivity index (χ3n) is 5.43. The second-order valence-corrected chi connectivity index (χ2v) is 9.79. The Morgan fingerprint density at radius 1 is 0.971 bits per heavy atom. The molecule has 0 aliphatic heterocycles. The van der Waals surface area contributed by atoms with Crippen molar-refractivity contribution in [2.45, 2.75) is 24.8 Å². The van der Waals surface area contributed by atoms with Gasteiger partial charge in [0, 0.05) is 42.4 Å². The van der Waals surface area contributed by atoms with Gasteiger partial charge < -0.3 is 10.2 Å². The Hall–Kier alpha value is -3.17. The minimum Gasteiger partial charge on any atom is -0.357 e. The molecule has 182 valence electrons. The molecule has 0 spiro atoms. The van der Waals surface area contributed by atoms with Crippen LogP contribution in [0.25, 0.3) is 0 Å². The van der Waals surface area contributed by atoms with Crippen molar-refractivity contribution in [2.24, 2.45) is 0 Å². The molecule has 9 heteroatoms. The van der Waals surface area contributed by atoms with E-state index >= 15 is 0 Å². The predicted octanol–water partition coefficient (Wildman–Crippen LogP) is 4.98. The fraction of sp³-hybridized carbons (Fsp3) is 0.231. The fourth-order valence-electron chi connectivity index (χ4n) is 3.56.